The highest BCUT2D eigenvalue weighted by Gasteiger charge is 2.20. The minimum atomic E-state index is 0.0862. The summed E-state index contributed by atoms with van der Waals surface area (Å²) in [4.78, 5) is 17.5. The topological polar surface area (TPSA) is 36.1 Å². The molecule has 3 nitrogen and oxygen atoms in total. The number of aromatic nitrogens is 1. The molecule has 1 atom stereocenters. The predicted octanol–water partition coefficient (Wildman–Crippen LogP) is 3.43. The Bertz CT molecular complexity index is 511. The van der Waals surface area contributed by atoms with E-state index in [0.717, 1.165) is 23.9 Å². The zero-order valence-electron chi connectivity index (χ0n) is 11.2. The molecule has 0 aliphatic carbocycles. The van der Waals surface area contributed by atoms with Gasteiger partial charge in [0.15, 0.2) is 0 Å². The fourth-order valence-corrected chi connectivity index (χ4v) is 2.22. The second-order valence-corrected chi connectivity index (χ2v) is 4.62. The van der Waals surface area contributed by atoms with Crippen molar-refractivity contribution in [2.45, 2.75) is 33.2 Å². The van der Waals surface area contributed by atoms with Crippen LogP contribution in [0.25, 0.3) is 10.9 Å². The molecule has 0 saturated carbocycles. The summed E-state index contributed by atoms with van der Waals surface area (Å²) in [6.07, 6.45) is 0.972. The molecule has 1 aromatic heterocycles. The zero-order chi connectivity index (χ0) is 13.1. The SMILES string of the molecule is CCC(C)N(CC)C(=O)c1cc2ccccc2[nH]1. The Labute approximate surface area is 108 Å². The summed E-state index contributed by atoms with van der Waals surface area (Å²) < 4.78 is 0. The van der Waals surface area contributed by atoms with Gasteiger partial charge in [0.2, 0.25) is 0 Å². The summed E-state index contributed by atoms with van der Waals surface area (Å²) in [5, 5.41) is 1.08. The number of rotatable bonds is 4. The highest BCUT2D eigenvalue weighted by atomic mass is 16.2. The maximum atomic E-state index is 12.4. The fraction of sp³-hybridized carbons (Fsp3) is 0.400. The Balaban J connectivity index is 2.32. The van der Waals surface area contributed by atoms with Crippen LogP contribution in [0, 0.1) is 0 Å². The molecule has 0 bridgehead atoms. The van der Waals surface area contributed by atoms with Crippen LogP contribution in [0.15, 0.2) is 30.3 Å². The van der Waals surface area contributed by atoms with Crippen molar-refractivity contribution in [3.8, 4) is 0 Å². The van der Waals surface area contributed by atoms with Crippen molar-refractivity contribution in [2.24, 2.45) is 0 Å². The number of H-pyrrole nitrogens is 1. The molecular weight excluding hydrogens is 224 g/mol. The van der Waals surface area contributed by atoms with Gasteiger partial charge in [-0.3, -0.25) is 4.79 Å². The number of hydrogen-bond donors (Lipinski definition) is 1. The molecule has 0 spiro atoms. The molecule has 1 aromatic carbocycles. The van der Waals surface area contributed by atoms with Gasteiger partial charge in [-0.2, -0.15) is 0 Å². The lowest BCUT2D eigenvalue weighted by atomic mass is 10.2. The monoisotopic (exact) mass is 244 g/mol. The Morgan fingerprint density at radius 2 is 2.06 bits per heavy atom. The molecule has 0 aliphatic heterocycles. The number of para-hydroxylation sites is 1. The van der Waals surface area contributed by atoms with Crippen LogP contribution in [-0.2, 0) is 0 Å². The molecule has 2 aromatic rings. The average Bonchev–Trinajstić information content (AvgIpc) is 2.82. The van der Waals surface area contributed by atoms with E-state index in [-0.39, 0.29) is 11.9 Å². The standard InChI is InChI=1S/C15H20N2O/c1-4-11(3)17(5-2)15(18)14-10-12-8-6-7-9-13(12)16-14/h6-11,16H,4-5H2,1-3H3. The Hall–Kier alpha value is -1.77. The van der Waals surface area contributed by atoms with Crippen molar-refractivity contribution in [3.63, 3.8) is 0 Å². The number of nitrogens with one attached hydrogen (secondary N) is 1. The first-order chi connectivity index (χ1) is 8.67. The third-order valence-corrected chi connectivity index (χ3v) is 3.48. The molecular formula is C15H20N2O. The van der Waals surface area contributed by atoms with Crippen LogP contribution < -0.4 is 0 Å². The number of carbonyl (C=O) groups is 1. The zero-order valence-corrected chi connectivity index (χ0v) is 11.2. The van der Waals surface area contributed by atoms with Gasteiger partial charge in [0.05, 0.1) is 0 Å². The number of aromatic amines is 1. The van der Waals surface area contributed by atoms with Gasteiger partial charge in [0.25, 0.3) is 5.91 Å². The van der Waals surface area contributed by atoms with Crippen LogP contribution in [0.3, 0.4) is 0 Å². The normalized spacial score (nSPS) is 12.6. The summed E-state index contributed by atoms with van der Waals surface area (Å²) in [5.41, 5.74) is 1.69. The van der Waals surface area contributed by atoms with Crippen molar-refractivity contribution in [1.82, 2.24) is 9.88 Å². The van der Waals surface area contributed by atoms with Crippen molar-refractivity contribution in [2.75, 3.05) is 6.54 Å². The summed E-state index contributed by atoms with van der Waals surface area (Å²) >= 11 is 0. The van der Waals surface area contributed by atoms with Gasteiger partial charge in [-0.05, 0) is 32.4 Å². The van der Waals surface area contributed by atoms with Crippen LogP contribution in [0.1, 0.15) is 37.7 Å². The van der Waals surface area contributed by atoms with Crippen molar-refractivity contribution in [3.05, 3.63) is 36.0 Å². The van der Waals surface area contributed by atoms with E-state index >= 15 is 0 Å². The molecule has 0 fully saturated rings. The molecule has 1 amide bonds. The number of benzene rings is 1. The van der Waals surface area contributed by atoms with Gasteiger partial charge in [0.1, 0.15) is 5.69 Å². The third-order valence-electron chi connectivity index (χ3n) is 3.48. The van der Waals surface area contributed by atoms with E-state index in [1.54, 1.807) is 0 Å². The number of fused-ring (bicyclic) bond motifs is 1. The van der Waals surface area contributed by atoms with E-state index in [2.05, 4.69) is 18.8 Å². The van der Waals surface area contributed by atoms with E-state index in [4.69, 9.17) is 0 Å². The van der Waals surface area contributed by atoms with Gasteiger partial charge in [-0.25, -0.2) is 0 Å². The van der Waals surface area contributed by atoms with Gasteiger partial charge in [-0.15, -0.1) is 0 Å². The number of carbonyl (C=O) groups excluding carboxylic acids is 1. The summed E-state index contributed by atoms with van der Waals surface area (Å²) in [6, 6.07) is 10.2. The van der Waals surface area contributed by atoms with Gasteiger partial charge < -0.3 is 9.88 Å². The highest BCUT2D eigenvalue weighted by Crippen LogP contribution is 2.17. The van der Waals surface area contributed by atoms with Crippen molar-refractivity contribution < 1.29 is 4.79 Å². The van der Waals surface area contributed by atoms with E-state index < -0.39 is 0 Å². The molecule has 3 heteroatoms. The summed E-state index contributed by atoms with van der Waals surface area (Å²) in [6.45, 7) is 6.95. The summed E-state index contributed by atoms with van der Waals surface area (Å²) in [7, 11) is 0. The largest absolute Gasteiger partial charge is 0.351 e. The van der Waals surface area contributed by atoms with Crippen molar-refractivity contribution >= 4 is 16.8 Å². The van der Waals surface area contributed by atoms with Gasteiger partial charge in [-0.1, -0.05) is 25.1 Å². The number of hydrogen-bond acceptors (Lipinski definition) is 1. The van der Waals surface area contributed by atoms with Crippen molar-refractivity contribution in [1.29, 1.82) is 0 Å². The fourth-order valence-electron chi connectivity index (χ4n) is 2.22. The average molecular weight is 244 g/mol. The third kappa shape index (κ3) is 2.26. The Morgan fingerprint density at radius 3 is 2.67 bits per heavy atom. The number of amides is 1. The van der Waals surface area contributed by atoms with Crippen LogP contribution in [0.2, 0.25) is 0 Å². The first-order valence-electron chi connectivity index (χ1n) is 6.56. The quantitative estimate of drug-likeness (QED) is 0.878. The van der Waals surface area contributed by atoms with E-state index in [9.17, 15) is 4.79 Å². The van der Waals surface area contributed by atoms with Crippen LogP contribution in [-0.4, -0.2) is 28.4 Å². The van der Waals surface area contributed by atoms with Crippen LogP contribution in [0.5, 0.6) is 0 Å². The van der Waals surface area contributed by atoms with Gasteiger partial charge in [0, 0.05) is 23.5 Å². The Morgan fingerprint density at radius 1 is 1.33 bits per heavy atom. The van der Waals surface area contributed by atoms with Gasteiger partial charge >= 0.3 is 0 Å². The molecule has 0 aliphatic rings. The lowest BCUT2D eigenvalue weighted by molar-refractivity contribution is 0.0695. The molecule has 1 heterocycles. The molecule has 96 valence electrons. The van der Waals surface area contributed by atoms with Crippen LogP contribution >= 0.6 is 0 Å². The van der Waals surface area contributed by atoms with E-state index in [1.807, 2.05) is 42.2 Å². The second-order valence-electron chi connectivity index (χ2n) is 4.62. The maximum absolute atomic E-state index is 12.4. The molecule has 1 unspecified atom stereocenters. The second kappa shape index (κ2) is 5.25. The first-order valence-corrected chi connectivity index (χ1v) is 6.56. The molecule has 0 radical (unpaired) electrons. The predicted molar refractivity (Wildman–Crippen MR) is 74.8 cm³/mol. The molecule has 18 heavy (non-hydrogen) atoms. The lowest BCUT2D eigenvalue weighted by Crippen LogP contribution is -2.38. The summed E-state index contributed by atoms with van der Waals surface area (Å²) in [5.74, 6) is 0.0862. The maximum Gasteiger partial charge on any atom is 0.270 e. The lowest BCUT2D eigenvalue weighted by Gasteiger charge is -2.26. The number of nitrogens with zero attached hydrogens (tertiary/aromatic N) is 1. The minimum absolute atomic E-state index is 0.0862. The Kier molecular flexibility index (Phi) is 3.70. The van der Waals surface area contributed by atoms with E-state index in [0.29, 0.717) is 5.69 Å². The highest BCUT2D eigenvalue weighted by molar-refractivity contribution is 5.98. The van der Waals surface area contributed by atoms with E-state index in [1.165, 1.54) is 0 Å². The first kappa shape index (κ1) is 12.7. The molecule has 2 rings (SSSR count). The molecule has 1 N–H and O–H groups in total. The minimum Gasteiger partial charge on any atom is -0.351 e. The smallest absolute Gasteiger partial charge is 0.270 e. The van der Waals surface area contributed by atoms with Crippen LogP contribution in [0.4, 0.5) is 0 Å². The molecule has 0 saturated heterocycles.